The van der Waals surface area contributed by atoms with Crippen LogP contribution in [0.1, 0.15) is 30.4 Å². The zero-order valence-corrected chi connectivity index (χ0v) is 14.3. The highest BCUT2D eigenvalue weighted by atomic mass is 35.5. The normalized spacial score (nSPS) is 27.8. The minimum Gasteiger partial charge on any atom is -0.374 e. The van der Waals surface area contributed by atoms with Crippen LogP contribution in [0.5, 0.6) is 5.75 Å². The van der Waals surface area contributed by atoms with Crippen molar-refractivity contribution < 1.29 is 30.6 Å². The van der Waals surface area contributed by atoms with Crippen LogP contribution in [0, 0.1) is 11.3 Å². The molecule has 0 aromatic heterocycles. The van der Waals surface area contributed by atoms with Crippen LogP contribution in [0.3, 0.4) is 0 Å². The fourth-order valence-electron chi connectivity index (χ4n) is 4.23. The lowest BCUT2D eigenvalue weighted by Gasteiger charge is -2.28. The largest absolute Gasteiger partial charge is 0.534 e. The van der Waals surface area contributed by atoms with Crippen LogP contribution in [0.15, 0.2) is 18.2 Å². The summed E-state index contributed by atoms with van der Waals surface area (Å²) in [6.45, 7) is 0. The number of rotatable bonds is 2. The van der Waals surface area contributed by atoms with E-state index in [0.29, 0.717) is 24.0 Å². The Hall–Kier alpha value is -1.54. The van der Waals surface area contributed by atoms with Crippen LogP contribution < -0.4 is 4.18 Å². The number of hydrogen-bond acceptors (Lipinski definition) is 4. The molecular formula is C16H12ClF3O4S. The summed E-state index contributed by atoms with van der Waals surface area (Å²) in [4.78, 5) is 12.1. The molecule has 0 saturated heterocycles. The van der Waals surface area contributed by atoms with Gasteiger partial charge < -0.3 is 4.18 Å². The Bertz CT molecular complexity index is 935. The quantitative estimate of drug-likeness (QED) is 0.566. The van der Waals surface area contributed by atoms with Gasteiger partial charge in [-0.1, -0.05) is 11.6 Å². The van der Waals surface area contributed by atoms with E-state index in [0.717, 1.165) is 18.4 Å². The first-order valence-electron chi connectivity index (χ1n) is 7.62. The van der Waals surface area contributed by atoms with E-state index < -0.39 is 21.4 Å². The van der Waals surface area contributed by atoms with Gasteiger partial charge in [-0.15, -0.1) is 0 Å². The third-order valence-electron chi connectivity index (χ3n) is 5.33. The average molecular weight is 393 g/mol. The van der Waals surface area contributed by atoms with E-state index in [1.165, 1.54) is 12.1 Å². The third-order valence-corrected chi connectivity index (χ3v) is 6.59. The molecule has 2 atom stereocenters. The molecule has 9 heteroatoms. The molecule has 1 aromatic carbocycles. The van der Waals surface area contributed by atoms with Crippen molar-refractivity contribution in [1.29, 1.82) is 0 Å². The Balaban J connectivity index is 1.77. The van der Waals surface area contributed by atoms with Gasteiger partial charge in [-0.2, -0.15) is 21.6 Å². The van der Waals surface area contributed by atoms with Crippen molar-refractivity contribution in [2.75, 3.05) is 0 Å². The summed E-state index contributed by atoms with van der Waals surface area (Å²) >= 11 is 5.96. The van der Waals surface area contributed by atoms with E-state index in [9.17, 15) is 26.4 Å². The van der Waals surface area contributed by atoms with Crippen molar-refractivity contribution in [3.8, 4) is 5.75 Å². The van der Waals surface area contributed by atoms with Gasteiger partial charge >= 0.3 is 15.6 Å². The maximum Gasteiger partial charge on any atom is 0.534 e. The first-order valence-corrected chi connectivity index (χ1v) is 9.41. The number of carbonyl (C=O) groups is 1. The number of hydrogen-bond donors (Lipinski definition) is 0. The monoisotopic (exact) mass is 392 g/mol. The van der Waals surface area contributed by atoms with Gasteiger partial charge in [0.2, 0.25) is 0 Å². The second-order valence-corrected chi connectivity index (χ2v) is 8.73. The second-order valence-electron chi connectivity index (χ2n) is 6.78. The van der Waals surface area contributed by atoms with Gasteiger partial charge in [0.05, 0.1) is 5.02 Å². The number of ketones is 1. The zero-order valence-electron chi connectivity index (χ0n) is 12.7. The molecule has 0 aliphatic heterocycles. The molecule has 0 N–H and O–H groups in total. The Morgan fingerprint density at radius 2 is 2.00 bits per heavy atom. The molecule has 134 valence electrons. The summed E-state index contributed by atoms with van der Waals surface area (Å²) in [6, 6.07) is 2.64. The number of alkyl halides is 3. The van der Waals surface area contributed by atoms with Crippen LogP contribution in [0.2, 0.25) is 5.02 Å². The van der Waals surface area contributed by atoms with E-state index in [-0.39, 0.29) is 22.1 Å². The molecule has 3 aliphatic carbocycles. The lowest BCUT2D eigenvalue weighted by Crippen LogP contribution is -2.28. The van der Waals surface area contributed by atoms with Crippen LogP contribution in [0.4, 0.5) is 13.2 Å². The van der Waals surface area contributed by atoms with Gasteiger partial charge in [0.25, 0.3) is 0 Å². The SMILES string of the molecule is O=C1C=C2c3cc(Cl)c(OS(=O)(=O)C(F)(F)F)cc3CC23CCC1C3. The van der Waals surface area contributed by atoms with Crippen molar-refractivity contribution in [2.24, 2.45) is 11.3 Å². The minimum absolute atomic E-state index is 0.00476. The standard InChI is InChI=1S/C16H12ClF3O4S/c17-12-4-10-9(3-14(12)24-25(22,23)16(18,19)20)7-15-2-1-8(6-15)13(21)5-11(10)15/h3-5,8H,1-2,6-7H2. The van der Waals surface area contributed by atoms with E-state index in [2.05, 4.69) is 4.18 Å². The van der Waals surface area contributed by atoms with Crippen LogP contribution in [-0.4, -0.2) is 19.7 Å². The topological polar surface area (TPSA) is 60.4 Å². The fraction of sp³-hybridized carbons (Fsp3) is 0.438. The van der Waals surface area contributed by atoms with Gasteiger partial charge in [0.1, 0.15) is 0 Å². The maximum absolute atomic E-state index is 12.5. The first-order chi connectivity index (χ1) is 11.5. The molecule has 0 amide bonds. The number of carbonyl (C=O) groups excluding carboxylic acids is 1. The third kappa shape index (κ3) is 2.41. The molecule has 2 bridgehead atoms. The lowest BCUT2D eigenvalue weighted by atomic mass is 9.74. The van der Waals surface area contributed by atoms with E-state index in [1.807, 2.05) is 0 Å². The zero-order chi connectivity index (χ0) is 18.2. The van der Waals surface area contributed by atoms with Crippen LogP contribution in [0.25, 0.3) is 5.57 Å². The molecule has 4 nitrogen and oxygen atoms in total. The Morgan fingerprint density at radius 3 is 2.68 bits per heavy atom. The molecule has 2 unspecified atom stereocenters. The summed E-state index contributed by atoms with van der Waals surface area (Å²) in [5.41, 5.74) is -3.54. The fourth-order valence-corrected chi connectivity index (χ4v) is 4.95. The molecule has 1 spiro atoms. The highest BCUT2D eigenvalue weighted by molar-refractivity contribution is 7.88. The number of benzene rings is 1. The van der Waals surface area contributed by atoms with E-state index in [1.54, 1.807) is 6.08 Å². The molecule has 0 radical (unpaired) electrons. The summed E-state index contributed by atoms with van der Waals surface area (Å²) < 4.78 is 64.3. The first kappa shape index (κ1) is 16.9. The van der Waals surface area contributed by atoms with Crippen molar-refractivity contribution in [3.05, 3.63) is 34.4 Å². The molecule has 1 aromatic rings. The Morgan fingerprint density at radius 1 is 1.28 bits per heavy atom. The Labute approximate surface area is 146 Å². The molecule has 0 heterocycles. The smallest absolute Gasteiger partial charge is 0.374 e. The second kappa shape index (κ2) is 5.01. The van der Waals surface area contributed by atoms with Gasteiger partial charge in [0.15, 0.2) is 11.5 Å². The van der Waals surface area contributed by atoms with E-state index >= 15 is 0 Å². The number of allylic oxidation sites excluding steroid dienone is 2. The lowest BCUT2D eigenvalue weighted by molar-refractivity contribution is -0.118. The molecule has 25 heavy (non-hydrogen) atoms. The summed E-state index contributed by atoms with van der Waals surface area (Å²) in [5.74, 6) is -0.490. The number of halogens is 4. The van der Waals surface area contributed by atoms with Gasteiger partial charge in [-0.3, -0.25) is 4.79 Å². The molecule has 3 aliphatic rings. The van der Waals surface area contributed by atoms with E-state index in [4.69, 9.17) is 11.6 Å². The number of fused-ring (bicyclic) bond motifs is 3. The summed E-state index contributed by atoms with van der Waals surface area (Å²) in [5, 5.41) is -0.239. The molecule has 4 rings (SSSR count). The Kier molecular flexibility index (Phi) is 3.38. The highest BCUT2D eigenvalue weighted by Gasteiger charge is 2.52. The predicted octanol–water partition coefficient (Wildman–Crippen LogP) is 3.88. The molecule has 1 saturated carbocycles. The maximum atomic E-state index is 12.5. The molecule has 1 fully saturated rings. The van der Waals surface area contributed by atoms with Crippen LogP contribution in [-0.2, 0) is 21.3 Å². The van der Waals surface area contributed by atoms with Gasteiger partial charge in [0, 0.05) is 11.3 Å². The highest BCUT2D eigenvalue weighted by Crippen LogP contribution is 2.61. The van der Waals surface area contributed by atoms with Crippen molar-refractivity contribution >= 4 is 33.1 Å². The predicted molar refractivity (Wildman–Crippen MR) is 83.5 cm³/mol. The minimum atomic E-state index is -5.79. The molecular weight excluding hydrogens is 381 g/mol. The van der Waals surface area contributed by atoms with Crippen molar-refractivity contribution in [3.63, 3.8) is 0 Å². The van der Waals surface area contributed by atoms with Gasteiger partial charge in [-0.25, -0.2) is 0 Å². The summed E-state index contributed by atoms with van der Waals surface area (Å²) in [6.07, 6.45) is 4.46. The average Bonchev–Trinajstić information content (AvgIpc) is 2.99. The summed E-state index contributed by atoms with van der Waals surface area (Å²) in [7, 11) is -5.79. The van der Waals surface area contributed by atoms with Crippen molar-refractivity contribution in [1.82, 2.24) is 0 Å². The van der Waals surface area contributed by atoms with Crippen LogP contribution >= 0.6 is 11.6 Å². The van der Waals surface area contributed by atoms with Crippen molar-refractivity contribution in [2.45, 2.75) is 31.2 Å². The van der Waals surface area contributed by atoms with Gasteiger partial charge in [-0.05, 0) is 60.6 Å².